The quantitative estimate of drug-likeness (QED) is 0.358. The fourth-order valence-electron chi connectivity index (χ4n) is 2.72. The second-order valence-corrected chi connectivity index (χ2v) is 5.68. The molecule has 0 radical (unpaired) electrons. The molecule has 0 fully saturated rings. The van der Waals surface area contributed by atoms with E-state index in [-0.39, 0.29) is 30.0 Å². The number of guanidine groups is 1. The molecule has 3 aromatic rings. The molecule has 0 aliphatic carbocycles. The van der Waals surface area contributed by atoms with Crippen molar-refractivity contribution in [1.82, 2.24) is 15.6 Å². The molecule has 0 aliphatic heterocycles. The largest absolute Gasteiger partial charge is 0.351 e. The Hall–Kier alpha value is -2.15. The number of pyridine rings is 1. The van der Waals surface area contributed by atoms with Crippen LogP contribution in [0.15, 0.2) is 71.9 Å². The third-order valence-corrected chi connectivity index (χ3v) is 4.06. The topological polar surface area (TPSA) is 49.3 Å². The molecule has 1 heterocycles. The Kier molecular flexibility index (Phi) is 7.18. The van der Waals surface area contributed by atoms with E-state index in [0.717, 1.165) is 11.7 Å². The van der Waals surface area contributed by atoms with Gasteiger partial charge in [-0.1, -0.05) is 54.6 Å². The number of nitrogens with zero attached hydrogens (tertiary/aromatic N) is 2. The molecule has 0 saturated carbocycles. The molecule has 1 aromatic heterocycles. The molecule has 4 nitrogen and oxygen atoms in total. The summed E-state index contributed by atoms with van der Waals surface area (Å²) in [4.78, 5) is 8.82. The van der Waals surface area contributed by atoms with Gasteiger partial charge in [0, 0.05) is 18.6 Å². The summed E-state index contributed by atoms with van der Waals surface area (Å²) in [5, 5.41) is 9.13. The van der Waals surface area contributed by atoms with E-state index in [4.69, 9.17) is 0 Å². The Labute approximate surface area is 165 Å². The lowest BCUT2D eigenvalue weighted by molar-refractivity contribution is 0.683. The summed E-state index contributed by atoms with van der Waals surface area (Å²) >= 11 is 0. The minimum absolute atomic E-state index is 0. The van der Waals surface area contributed by atoms with Gasteiger partial charge >= 0.3 is 0 Å². The predicted molar refractivity (Wildman–Crippen MR) is 115 cm³/mol. The van der Waals surface area contributed by atoms with Gasteiger partial charge in [-0.2, -0.15) is 0 Å². The van der Waals surface area contributed by atoms with Crippen LogP contribution in [0.4, 0.5) is 0 Å². The number of halogens is 1. The molecule has 1 unspecified atom stereocenters. The van der Waals surface area contributed by atoms with Crippen LogP contribution in [0.25, 0.3) is 10.8 Å². The van der Waals surface area contributed by atoms with E-state index in [9.17, 15) is 0 Å². The third kappa shape index (κ3) is 4.92. The Balaban J connectivity index is 0.00000225. The molecule has 2 N–H and O–H groups in total. The van der Waals surface area contributed by atoms with Crippen LogP contribution >= 0.6 is 24.0 Å². The van der Waals surface area contributed by atoms with E-state index in [0.29, 0.717) is 6.54 Å². The van der Waals surface area contributed by atoms with Gasteiger partial charge in [0.2, 0.25) is 0 Å². The van der Waals surface area contributed by atoms with Crippen LogP contribution in [-0.2, 0) is 6.54 Å². The van der Waals surface area contributed by atoms with Gasteiger partial charge in [0.05, 0.1) is 18.3 Å². The SMILES string of the molecule is CN=C(NCc1nccc2ccccc12)NC(C)c1ccccc1.I. The number of rotatable bonds is 4. The molecule has 3 rings (SSSR count). The standard InChI is InChI=1S/C20H22N4.HI/c1-15(16-8-4-3-5-9-16)24-20(21-2)23-14-19-18-11-7-6-10-17(18)12-13-22-19;/h3-13,15H,14H2,1-2H3,(H2,21,23,24);1H. The molecule has 0 spiro atoms. The van der Waals surface area contributed by atoms with E-state index in [1.54, 1.807) is 7.05 Å². The summed E-state index contributed by atoms with van der Waals surface area (Å²) < 4.78 is 0. The highest BCUT2D eigenvalue weighted by Crippen LogP contribution is 2.16. The van der Waals surface area contributed by atoms with Gasteiger partial charge in [-0.05, 0) is 23.9 Å². The Bertz CT molecular complexity index is 828. The van der Waals surface area contributed by atoms with Crippen molar-refractivity contribution in [2.24, 2.45) is 4.99 Å². The summed E-state index contributed by atoms with van der Waals surface area (Å²) in [6.07, 6.45) is 1.85. The van der Waals surface area contributed by atoms with E-state index >= 15 is 0 Å². The molecule has 5 heteroatoms. The van der Waals surface area contributed by atoms with Crippen molar-refractivity contribution in [1.29, 1.82) is 0 Å². The Morgan fingerprint density at radius 2 is 1.76 bits per heavy atom. The van der Waals surface area contributed by atoms with Crippen LogP contribution < -0.4 is 10.6 Å². The maximum absolute atomic E-state index is 4.51. The summed E-state index contributed by atoms with van der Waals surface area (Å²) in [5.74, 6) is 0.765. The monoisotopic (exact) mass is 446 g/mol. The molecule has 25 heavy (non-hydrogen) atoms. The van der Waals surface area contributed by atoms with Gasteiger partial charge in [-0.15, -0.1) is 24.0 Å². The number of aromatic nitrogens is 1. The first-order valence-electron chi connectivity index (χ1n) is 8.12. The van der Waals surface area contributed by atoms with Crippen molar-refractivity contribution >= 4 is 40.7 Å². The molecule has 2 aromatic carbocycles. The zero-order chi connectivity index (χ0) is 16.8. The Morgan fingerprint density at radius 3 is 2.52 bits per heavy atom. The predicted octanol–water partition coefficient (Wildman–Crippen LogP) is 4.28. The number of hydrogen-bond acceptors (Lipinski definition) is 2. The van der Waals surface area contributed by atoms with E-state index in [2.05, 4.69) is 51.8 Å². The summed E-state index contributed by atoms with van der Waals surface area (Å²) in [6, 6.07) is 20.8. The number of nitrogens with one attached hydrogen (secondary N) is 2. The van der Waals surface area contributed by atoms with Gasteiger partial charge in [-0.3, -0.25) is 9.98 Å². The lowest BCUT2D eigenvalue weighted by atomic mass is 10.1. The summed E-state index contributed by atoms with van der Waals surface area (Å²) in [5.41, 5.74) is 2.24. The van der Waals surface area contributed by atoms with E-state index in [1.165, 1.54) is 16.3 Å². The Morgan fingerprint density at radius 1 is 1.04 bits per heavy atom. The minimum atomic E-state index is 0. The number of benzene rings is 2. The first kappa shape index (κ1) is 19.2. The molecule has 0 bridgehead atoms. The maximum Gasteiger partial charge on any atom is 0.191 e. The van der Waals surface area contributed by atoms with Crippen LogP contribution in [0, 0.1) is 0 Å². The average Bonchev–Trinajstić information content (AvgIpc) is 2.65. The highest BCUT2D eigenvalue weighted by Gasteiger charge is 2.08. The van der Waals surface area contributed by atoms with Crippen LogP contribution in [-0.4, -0.2) is 18.0 Å². The second kappa shape index (κ2) is 9.36. The minimum Gasteiger partial charge on any atom is -0.351 e. The summed E-state index contributed by atoms with van der Waals surface area (Å²) in [7, 11) is 1.78. The zero-order valence-corrected chi connectivity index (χ0v) is 16.8. The second-order valence-electron chi connectivity index (χ2n) is 5.68. The zero-order valence-electron chi connectivity index (χ0n) is 14.4. The van der Waals surface area contributed by atoms with Crippen molar-refractivity contribution in [2.45, 2.75) is 19.5 Å². The summed E-state index contributed by atoms with van der Waals surface area (Å²) in [6.45, 7) is 2.75. The normalized spacial score (nSPS) is 12.3. The smallest absolute Gasteiger partial charge is 0.191 e. The molecule has 0 amide bonds. The number of hydrogen-bond donors (Lipinski definition) is 2. The van der Waals surface area contributed by atoms with Crippen LogP contribution in [0.3, 0.4) is 0 Å². The van der Waals surface area contributed by atoms with Crippen molar-refractivity contribution in [3.63, 3.8) is 0 Å². The average molecular weight is 446 g/mol. The van der Waals surface area contributed by atoms with Crippen molar-refractivity contribution in [2.75, 3.05) is 7.05 Å². The molecule has 0 saturated heterocycles. The molecule has 1 atom stereocenters. The fraction of sp³-hybridized carbons (Fsp3) is 0.200. The van der Waals surface area contributed by atoms with E-state index < -0.39 is 0 Å². The van der Waals surface area contributed by atoms with Crippen LogP contribution in [0.1, 0.15) is 24.2 Å². The van der Waals surface area contributed by atoms with Gasteiger partial charge in [0.15, 0.2) is 5.96 Å². The van der Waals surface area contributed by atoms with E-state index in [1.807, 2.05) is 42.6 Å². The molecular weight excluding hydrogens is 423 g/mol. The lowest BCUT2D eigenvalue weighted by Crippen LogP contribution is -2.38. The third-order valence-electron chi connectivity index (χ3n) is 4.06. The lowest BCUT2D eigenvalue weighted by Gasteiger charge is -2.18. The number of fused-ring (bicyclic) bond motifs is 1. The first-order chi connectivity index (χ1) is 11.8. The first-order valence-corrected chi connectivity index (χ1v) is 8.12. The van der Waals surface area contributed by atoms with Crippen molar-refractivity contribution < 1.29 is 0 Å². The van der Waals surface area contributed by atoms with Gasteiger partial charge < -0.3 is 10.6 Å². The van der Waals surface area contributed by atoms with Gasteiger partial charge in [0.1, 0.15) is 0 Å². The highest BCUT2D eigenvalue weighted by atomic mass is 127. The molecule has 130 valence electrons. The van der Waals surface area contributed by atoms with Crippen molar-refractivity contribution in [3.8, 4) is 0 Å². The highest BCUT2D eigenvalue weighted by molar-refractivity contribution is 14.0. The fourth-order valence-corrected chi connectivity index (χ4v) is 2.72. The maximum atomic E-state index is 4.51. The van der Waals surface area contributed by atoms with Crippen molar-refractivity contribution in [3.05, 3.63) is 78.1 Å². The molecule has 0 aliphatic rings. The molecular formula is C20H23IN4. The van der Waals surface area contributed by atoms with Crippen LogP contribution in [0.5, 0.6) is 0 Å². The van der Waals surface area contributed by atoms with Gasteiger partial charge in [0.25, 0.3) is 0 Å². The number of aliphatic imine (C=N–C) groups is 1. The van der Waals surface area contributed by atoms with Gasteiger partial charge in [-0.25, -0.2) is 0 Å². The van der Waals surface area contributed by atoms with Crippen LogP contribution in [0.2, 0.25) is 0 Å².